The number of fused-ring (bicyclic) bond motifs is 5. The Kier molecular flexibility index (Phi) is 3.83. The molecule has 0 saturated heterocycles. The Bertz CT molecular complexity index is 1690. The molecule has 0 fully saturated rings. The smallest absolute Gasteiger partial charge is 0.423 e. The van der Waals surface area contributed by atoms with E-state index in [2.05, 4.69) is 66.7 Å². The van der Waals surface area contributed by atoms with E-state index in [-0.39, 0.29) is 0 Å². The fourth-order valence-electron chi connectivity index (χ4n) is 5.70. The molecule has 0 bridgehead atoms. The summed E-state index contributed by atoms with van der Waals surface area (Å²) in [6.45, 7) is 0. The van der Waals surface area contributed by atoms with Gasteiger partial charge in [0, 0.05) is 0 Å². The van der Waals surface area contributed by atoms with Gasteiger partial charge in [-0.05, 0) is 77.2 Å². The Morgan fingerprint density at radius 3 is 1.67 bits per heavy atom. The predicted molar refractivity (Wildman–Crippen MR) is 139 cm³/mol. The van der Waals surface area contributed by atoms with E-state index < -0.39 is 7.12 Å². The maximum Gasteiger partial charge on any atom is 0.489 e. The number of hydrogen-bond donors (Lipinski definition) is 2. The molecule has 0 atom stereocenters. The molecule has 7 rings (SSSR count). The highest BCUT2D eigenvalue weighted by atomic mass is 16.4. The lowest BCUT2D eigenvalue weighted by molar-refractivity contribution is 0.426. The van der Waals surface area contributed by atoms with Gasteiger partial charge in [-0.2, -0.15) is 0 Å². The molecule has 1 aliphatic rings. The van der Waals surface area contributed by atoms with Crippen molar-refractivity contribution < 1.29 is 10.0 Å². The maximum absolute atomic E-state index is 10.2. The van der Waals surface area contributed by atoms with Crippen LogP contribution in [0.2, 0.25) is 0 Å². The van der Waals surface area contributed by atoms with Crippen LogP contribution in [0.5, 0.6) is 0 Å². The van der Waals surface area contributed by atoms with Crippen LogP contribution < -0.4 is 5.46 Å². The van der Waals surface area contributed by atoms with E-state index in [0.717, 1.165) is 32.7 Å². The first-order valence-electron chi connectivity index (χ1n) is 11.2. The van der Waals surface area contributed by atoms with Crippen molar-refractivity contribution in [2.75, 3.05) is 0 Å². The predicted octanol–water partition coefficient (Wildman–Crippen LogP) is 6.14. The average molecular weight is 422 g/mol. The van der Waals surface area contributed by atoms with E-state index in [1.165, 1.54) is 33.0 Å². The molecule has 0 aromatic heterocycles. The van der Waals surface area contributed by atoms with Crippen molar-refractivity contribution in [3.63, 3.8) is 0 Å². The molecule has 0 saturated carbocycles. The molecule has 154 valence electrons. The highest BCUT2D eigenvalue weighted by Gasteiger charge is 2.24. The fourth-order valence-corrected chi connectivity index (χ4v) is 5.70. The van der Waals surface area contributed by atoms with Crippen molar-refractivity contribution in [2.24, 2.45) is 0 Å². The van der Waals surface area contributed by atoms with Crippen molar-refractivity contribution in [1.29, 1.82) is 0 Å². The van der Waals surface area contributed by atoms with Crippen molar-refractivity contribution in [1.82, 2.24) is 0 Å². The summed E-state index contributed by atoms with van der Waals surface area (Å²) in [6, 6.07) is 35.8. The van der Waals surface area contributed by atoms with Gasteiger partial charge in [-0.3, -0.25) is 0 Å². The fraction of sp³-hybridized carbons (Fsp3) is 0. The SMILES string of the molecule is OB(O)c1c2ccccc2c(-c2ccc3c(c2)-c2cccc4cccc-3c24)c2ccccc12. The van der Waals surface area contributed by atoms with Crippen LogP contribution >= 0.6 is 0 Å². The van der Waals surface area contributed by atoms with Gasteiger partial charge in [0.2, 0.25) is 0 Å². The molecule has 2 nitrogen and oxygen atoms in total. The lowest BCUT2D eigenvalue weighted by Gasteiger charge is -2.17. The summed E-state index contributed by atoms with van der Waals surface area (Å²) in [7, 11) is -1.54. The lowest BCUT2D eigenvalue weighted by Crippen LogP contribution is -2.31. The highest BCUT2D eigenvalue weighted by Crippen LogP contribution is 2.49. The Morgan fingerprint density at radius 2 is 1.06 bits per heavy atom. The Morgan fingerprint density at radius 1 is 0.485 bits per heavy atom. The monoisotopic (exact) mass is 422 g/mol. The first kappa shape index (κ1) is 18.6. The van der Waals surface area contributed by atoms with Crippen LogP contribution in [0, 0.1) is 0 Å². The third-order valence-electron chi connectivity index (χ3n) is 7.02. The molecule has 0 spiro atoms. The molecule has 6 aromatic carbocycles. The topological polar surface area (TPSA) is 40.5 Å². The Labute approximate surface area is 191 Å². The minimum absolute atomic E-state index is 0.559. The lowest BCUT2D eigenvalue weighted by atomic mass is 9.72. The van der Waals surface area contributed by atoms with Gasteiger partial charge in [-0.25, -0.2) is 0 Å². The van der Waals surface area contributed by atoms with E-state index >= 15 is 0 Å². The Hall–Kier alpha value is -3.92. The van der Waals surface area contributed by atoms with E-state index in [1.807, 2.05) is 36.4 Å². The number of rotatable bonds is 2. The minimum atomic E-state index is -1.54. The maximum atomic E-state index is 10.2. The van der Waals surface area contributed by atoms with Crippen LogP contribution in [0.15, 0.2) is 103 Å². The summed E-state index contributed by atoms with van der Waals surface area (Å²) >= 11 is 0. The van der Waals surface area contributed by atoms with Gasteiger partial charge >= 0.3 is 7.12 Å². The molecule has 0 radical (unpaired) electrons. The van der Waals surface area contributed by atoms with Gasteiger partial charge in [0.1, 0.15) is 0 Å². The molecule has 0 aliphatic heterocycles. The van der Waals surface area contributed by atoms with E-state index in [9.17, 15) is 10.0 Å². The van der Waals surface area contributed by atoms with E-state index in [0.29, 0.717) is 5.46 Å². The van der Waals surface area contributed by atoms with E-state index in [1.54, 1.807) is 0 Å². The van der Waals surface area contributed by atoms with Crippen LogP contribution in [0.3, 0.4) is 0 Å². The summed E-state index contributed by atoms with van der Waals surface area (Å²) in [5.74, 6) is 0. The normalized spacial score (nSPS) is 11.9. The molecule has 0 amide bonds. The van der Waals surface area contributed by atoms with E-state index in [4.69, 9.17) is 0 Å². The molecular weight excluding hydrogens is 403 g/mol. The van der Waals surface area contributed by atoms with Crippen LogP contribution in [0.4, 0.5) is 0 Å². The minimum Gasteiger partial charge on any atom is -0.423 e. The zero-order valence-electron chi connectivity index (χ0n) is 17.8. The van der Waals surface area contributed by atoms with Crippen LogP contribution in [0.1, 0.15) is 0 Å². The van der Waals surface area contributed by atoms with Gasteiger partial charge in [0.25, 0.3) is 0 Å². The zero-order valence-corrected chi connectivity index (χ0v) is 17.8. The van der Waals surface area contributed by atoms with Crippen LogP contribution in [-0.4, -0.2) is 17.2 Å². The largest absolute Gasteiger partial charge is 0.489 e. The van der Waals surface area contributed by atoms with Crippen molar-refractivity contribution in [3.8, 4) is 33.4 Å². The molecule has 6 aromatic rings. The Balaban J connectivity index is 1.59. The van der Waals surface area contributed by atoms with Crippen molar-refractivity contribution in [2.45, 2.75) is 0 Å². The van der Waals surface area contributed by atoms with Crippen LogP contribution in [-0.2, 0) is 0 Å². The highest BCUT2D eigenvalue weighted by molar-refractivity contribution is 6.66. The summed E-state index contributed by atoms with van der Waals surface area (Å²) in [6.07, 6.45) is 0. The second-order valence-electron chi connectivity index (χ2n) is 8.72. The second-order valence-corrected chi connectivity index (χ2v) is 8.72. The molecule has 0 heterocycles. The first-order valence-corrected chi connectivity index (χ1v) is 11.2. The molecule has 33 heavy (non-hydrogen) atoms. The van der Waals surface area contributed by atoms with Crippen molar-refractivity contribution in [3.05, 3.63) is 103 Å². The third kappa shape index (κ3) is 2.52. The van der Waals surface area contributed by atoms with Gasteiger partial charge in [-0.1, -0.05) is 97.1 Å². The van der Waals surface area contributed by atoms with Gasteiger partial charge in [0.05, 0.1) is 0 Å². The van der Waals surface area contributed by atoms with Crippen LogP contribution in [0.25, 0.3) is 65.7 Å². The van der Waals surface area contributed by atoms with Gasteiger partial charge in [-0.15, -0.1) is 0 Å². The number of hydrogen-bond acceptors (Lipinski definition) is 2. The standard InChI is InChI=1S/C30H19BO2/c32-31(33)30-25-11-3-1-9-22(25)29(23-10-2-4-12-26(23)30)19-15-16-20-21-13-5-7-18-8-6-14-24(28(18)21)27(20)17-19/h1-17,32-33H. The third-order valence-corrected chi connectivity index (χ3v) is 7.02. The van der Waals surface area contributed by atoms with Gasteiger partial charge in [0.15, 0.2) is 0 Å². The molecular formula is C30H19BO2. The summed E-state index contributed by atoms with van der Waals surface area (Å²) in [5.41, 5.74) is 7.89. The van der Waals surface area contributed by atoms with Gasteiger partial charge < -0.3 is 10.0 Å². The molecule has 0 unspecified atom stereocenters. The second kappa shape index (κ2) is 6.79. The number of benzene rings is 6. The molecule has 2 N–H and O–H groups in total. The summed E-state index contributed by atoms with van der Waals surface area (Å²) in [4.78, 5) is 0. The summed E-state index contributed by atoms with van der Waals surface area (Å²) < 4.78 is 0. The quantitative estimate of drug-likeness (QED) is 0.260. The van der Waals surface area contributed by atoms with Crippen molar-refractivity contribution >= 4 is 44.9 Å². The zero-order chi connectivity index (χ0) is 22.1. The molecule has 1 aliphatic carbocycles. The first-order chi connectivity index (χ1) is 16.2. The molecule has 3 heteroatoms. The summed E-state index contributed by atoms with van der Waals surface area (Å²) in [5, 5.41) is 26.9. The average Bonchev–Trinajstić information content (AvgIpc) is 3.17.